The van der Waals surface area contributed by atoms with Crippen molar-refractivity contribution in [3.63, 3.8) is 0 Å². The Morgan fingerprint density at radius 2 is 1.75 bits per heavy atom. The molecule has 3 heteroatoms. The van der Waals surface area contributed by atoms with Crippen LogP contribution in [0, 0.1) is 0 Å². The normalized spacial score (nSPS) is 38.2. The fourth-order valence-electron chi connectivity index (χ4n) is 4.73. The zero-order valence-corrected chi connectivity index (χ0v) is 13.0. The van der Waals surface area contributed by atoms with Crippen molar-refractivity contribution in [2.45, 2.75) is 94.4 Å². The van der Waals surface area contributed by atoms with Gasteiger partial charge in [-0.05, 0) is 45.6 Å². The lowest BCUT2D eigenvalue weighted by molar-refractivity contribution is -0.131. The lowest BCUT2D eigenvalue weighted by Gasteiger charge is -2.48. The molecule has 0 radical (unpaired) electrons. The first kappa shape index (κ1) is 14.8. The standard InChI is InChI=1S/C17H31NO2/c1-18(15-7-3-4-8-16(15)19)14-9-12-20-17(13-14)10-5-2-6-11-17/h14-16,19H,2-13H2,1H3. The molecule has 0 bridgehead atoms. The van der Waals surface area contributed by atoms with E-state index in [2.05, 4.69) is 11.9 Å². The Labute approximate surface area is 123 Å². The lowest BCUT2D eigenvalue weighted by atomic mass is 9.77. The summed E-state index contributed by atoms with van der Waals surface area (Å²) < 4.78 is 6.21. The average Bonchev–Trinajstić information content (AvgIpc) is 2.48. The first-order valence-corrected chi connectivity index (χ1v) is 8.74. The van der Waals surface area contributed by atoms with Gasteiger partial charge in [-0.3, -0.25) is 4.90 Å². The molecular formula is C17H31NO2. The summed E-state index contributed by atoms with van der Waals surface area (Å²) in [6.45, 7) is 0.915. The minimum atomic E-state index is -0.112. The first-order chi connectivity index (χ1) is 9.70. The van der Waals surface area contributed by atoms with Crippen molar-refractivity contribution >= 4 is 0 Å². The Morgan fingerprint density at radius 3 is 2.50 bits per heavy atom. The Bertz CT molecular complexity index is 309. The minimum Gasteiger partial charge on any atom is -0.391 e. The molecule has 2 saturated carbocycles. The number of rotatable bonds is 2. The molecule has 20 heavy (non-hydrogen) atoms. The maximum absolute atomic E-state index is 10.3. The van der Waals surface area contributed by atoms with Gasteiger partial charge in [0.25, 0.3) is 0 Å². The molecule has 0 aromatic rings. The largest absolute Gasteiger partial charge is 0.391 e. The van der Waals surface area contributed by atoms with Crippen LogP contribution >= 0.6 is 0 Å². The van der Waals surface area contributed by atoms with E-state index in [0.717, 1.165) is 19.4 Å². The van der Waals surface area contributed by atoms with Gasteiger partial charge in [0.1, 0.15) is 0 Å². The van der Waals surface area contributed by atoms with Crippen molar-refractivity contribution < 1.29 is 9.84 Å². The molecule has 1 heterocycles. The van der Waals surface area contributed by atoms with Gasteiger partial charge in [-0.1, -0.05) is 32.1 Å². The summed E-state index contributed by atoms with van der Waals surface area (Å²) in [7, 11) is 2.24. The van der Waals surface area contributed by atoms with Crippen LogP contribution in [0.25, 0.3) is 0 Å². The number of nitrogens with zero attached hydrogens (tertiary/aromatic N) is 1. The van der Waals surface area contributed by atoms with E-state index in [0.29, 0.717) is 12.1 Å². The van der Waals surface area contributed by atoms with Crippen LogP contribution in [0.1, 0.15) is 70.6 Å². The van der Waals surface area contributed by atoms with E-state index in [-0.39, 0.29) is 11.7 Å². The highest BCUT2D eigenvalue weighted by Crippen LogP contribution is 2.40. The van der Waals surface area contributed by atoms with E-state index in [9.17, 15) is 5.11 Å². The molecule has 3 fully saturated rings. The molecule has 116 valence electrons. The van der Waals surface area contributed by atoms with Crippen LogP contribution < -0.4 is 0 Å². The highest BCUT2D eigenvalue weighted by molar-refractivity contribution is 4.95. The van der Waals surface area contributed by atoms with Gasteiger partial charge in [0.05, 0.1) is 11.7 Å². The van der Waals surface area contributed by atoms with E-state index in [1.165, 1.54) is 57.8 Å². The Kier molecular flexibility index (Phi) is 4.68. The maximum Gasteiger partial charge on any atom is 0.0697 e. The van der Waals surface area contributed by atoms with Crippen LogP contribution in [0.2, 0.25) is 0 Å². The van der Waals surface area contributed by atoms with Gasteiger partial charge in [-0.25, -0.2) is 0 Å². The van der Waals surface area contributed by atoms with E-state index < -0.39 is 0 Å². The van der Waals surface area contributed by atoms with Gasteiger partial charge >= 0.3 is 0 Å². The smallest absolute Gasteiger partial charge is 0.0697 e. The topological polar surface area (TPSA) is 32.7 Å². The summed E-state index contributed by atoms with van der Waals surface area (Å²) in [4.78, 5) is 2.50. The second kappa shape index (κ2) is 6.33. The monoisotopic (exact) mass is 281 g/mol. The summed E-state index contributed by atoms with van der Waals surface area (Å²) in [5, 5.41) is 10.3. The molecule has 1 spiro atoms. The number of hydrogen-bond donors (Lipinski definition) is 1. The number of hydrogen-bond acceptors (Lipinski definition) is 3. The van der Waals surface area contributed by atoms with Crippen molar-refractivity contribution in [1.82, 2.24) is 4.90 Å². The molecule has 1 saturated heterocycles. The highest BCUT2D eigenvalue weighted by Gasteiger charge is 2.41. The summed E-state index contributed by atoms with van der Waals surface area (Å²) in [6.07, 6.45) is 13.4. The van der Waals surface area contributed by atoms with Crippen LogP contribution in [0.15, 0.2) is 0 Å². The Balaban J connectivity index is 1.63. The molecule has 0 aromatic heterocycles. The number of aliphatic hydroxyl groups excluding tert-OH is 1. The minimum absolute atomic E-state index is 0.112. The molecule has 0 amide bonds. The van der Waals surface area contributed by atoms with Crippen molar-refractivity contribution in [3.8, 4) is 0 Å². The second-order valence-corrected chi connectivity index (χ2v) is 7.32. The van der Waals surface area contributed by atoms with Gasteiger partial charge < -0.3 is 9.84 Å². The zero-order chi connectivity index (χ0) is 14.0. The second-order valence-electron chi connectivity index (χ2n) is 7.32. The molecule has 3 atom stereocenters. The van der Waals surface area contributed by atoms with Gasteiger partial charge in [0.15, 0.2) is 0 Å². The van der Waals surface area contributed by atoms with Crippen LogP contribution in [0.5, 0.6) is 0 Å². The first-order valence-electron chi connectivity index (χ1n) is 8.74. The summed E-state index contributed by atoms with van der Waals surface area (Å²) >= 11 is 0. The van der Waals surface area contributed by atoms with Crippen LogP contribution in [0.3, 0.4) is 0 Å². The van der Waals surface area contributed by atoms with E-state index in [1.54, 1.807) is 0 Å². The summed E-state index contributed by atoms with van der Waals surface area (Å²) in [6, 6.07) is 0.993. The fraction of sp³-hybridized carbons (Fsp3) is 1.00. The van der Waals surface area contributed by atoms with Gasteiger partial charge in [-0.2, -0.15) is 0 Å². The van der Waals surface area contributed by atoms with Crippen molar-refractivity contribution in [1.29, 1.82) is 0 Å². The Hall–Kier alpha value is -0.120. The van der Waals surface area contributed by atoms with Gasteiger partial charge in [0.2, 0.25) is 0 Å². The van der Waals surface area contributed by atoms with Crippen LogP contribution in [-0.4, -0.2) is 47.4 Å². The summed E-state index contributed by atoms with van der Waals surface area (Å²) in [5.41, 5.74) is 0.176. The van der Waals surface area contributed by atoms with E-state index >= 15 is 0 Å². The molecular weight excluding hydrogens is 250 g/mol. The fourth-order valence-corrected chi connectivity index (χ4v) is 4.73. The SMILES string of the molecule is CN(C1CCOC2(CCCCC2)C1)C1CCCCC1O. The molecule has 3 aliphatic rings. The molecule has 2 aliphatic carbocycles. The predicted molar refractivity (Wildman–Crippen MR) is 80.8 cm³/mol. The maximum atomic E-state index is 10.3. The third kappa shape index (κ3) is 3.05. The predicted octanol–water partition coefficient (Wildman–Crippen LogP) is 3.10. The third-order valence-corrected chi connectivity index (χ3v) is 6.02. The summed E-state index contributed by atoms with van der Waals surface area (Å²) in [5.74, 6) is 0. The molecule has 3 unspecified atom stereocenters. The van der Waals surface area contributed by atoms with E-state index in [4.69, 9.17) is 4.74 Å². The number of aliphatic hydroxyl groups is 1. The van der Waals surface area contributed by atoms with Crippen molar-refractivity contribution in [3.05, 3.63) is 0 Å². The molecule has 3 nitrogen and oxygen atoms in total. The molecule has 3 rings (SSSR count). The van der Waals surface area contributed by atoms with Crippen molar-refractivity contribution in [2.24, 2.45) is 0 Å². The van der Waals surface area contributed by atoms with Crippen molar-refractivity contribution in [2.75, 3.05) is 13.7 Å². The number of likely N-dealkylation sites (N-methyl/N-ethyl adjacent to an activating group) is 1. The zero-order valence-electron chi connectivity index (χ0n) is 13.0. The molecule has 0 aromatic carbocycles. The van der Waals surface area contributed by atoms with Gasteiger partial charge in [0, 0.05) is 18.7 Å². The van der Waals surface area contributed by atoms with Gasteiger partial charge in [-0.15, -0.1) is 0 Å². The quantitative estimate of drug-likeness (QED) is 0.844. The van der Waals surface area contributed by atoms with Crippen LogP contribution in [0.4, 0.5) is 0 Å². The van der Waals surface area contributed by atoms with Crippen LogP contribution in [-0.2, 0) is 4.74 Å². The Morgan fingerprint density at radius 1 is 1.00 bits per heavy atom. The lowest BCUT2D eigenvalue weighted by Crippen LogP contribution is -2.54. The third-order valence-electron chi connectivity index (χ3n) is 6.02. The average molecular weight is 281 g/mol. The highest BCUT2D eigenvalue weighted by atomic mass is 16.5. The van der Waals surface area contributed by atoms with E-state index in [1.807, 2.05) is 0 Å². The molecule has 1 N–H and O–H groups in total. The molecule has 1 aliphatic heterocycles. The number of ether oxygens (including phenoxy) is 1.